The van der Waals surface area contributed by atoms with Crippen LogP contribution in [0.3, 0.4) is 0 Å². The maximum Gasteiger partial charge on any atom is 0.200 e. The van der Waals surface area contributed by atoms with Crippen LogP contribution in [0.15, 0.2) is 42.7 Å². The Morgan fingerprint density at radius 1 is 0.593 bits per heavy atom. The summed E-state index contributed by atoms with van der Waals surface area (Å²) in [5.41, 5.74) is 3.02. The van der Waals surface area contributed by atoms with Gasteiger partial charge in [0.15, 0.2) is 17.2 Å². The molecular formula is C20H20N2O5. The fourth-order valence-electron chi connectivity index (χ4n) is 2.84. The lowest BCUT2D eigenvalue weighted by Crippen LogP contribution is -2.01. The molecule has 0 radical (unpaired) electrons. The van der Waals surface area contributed by atoms with Gasteiger partial charge in [0.25, 0.3) is 0 Å². The minimum Gasteiger partial charge on any atom is -0.508 e. The summed E-state index contributed by atoms with van der Waals surface area (Å²) in [6.07, 6.45) is 5.59. The lowest BCUT2D eigenvalue weighted by Gasteiger charge is -2.07. The number of aryl methyl sites for hydroxylation is 4. The summed E-state index contributed by atoms with van der Waals surface area (Å²) < 4.78 is 0. The summed E-state index contributed by atoms with van der Waals surface area (Å²) in [5, 5.41) is 47.6. The largest absolute Gasteiger partial charge is 0.508 e. The zero-order chi connectivity index (χ0) is 19.4. The zero-order valence-electron chi connectivity index (χ0n) is 14.5. The number of nitrogens with zero attached hydrogens (tertiary/aromatic N) is 2. The maximum absolute atomic E-state index is 9.57. The summed E-state index contributed by atoms with van der Waals surface area (Å²) in [6, 6.07) is 7.28. The fraction of sp³-hybridized carbons (Fsp3) is 0.200. The molecule has 7 heteroatoms. The molecule has 0 amide bonds. The number of aromatic hydroxyl groups is 5. The first-order valence-corrected chi connectivity index (χ1v) is 8.46. The predicted molar refractivity (Wildman–Crippen MR) is 98.1 cm³/mol. The van der Waals surface area contributed by atoms with E-state index in [1.165, 1.54) is 18.2 Å². The molecule has 0 atom stereocenters. The molecule has 0 spiro atoms. The van der Waals surface area contributed by atoms with E-state index in [0.29, 0.717) is 31.2 Å². The summed E-state index contributed by atoms with van der Waals surface area (Å²) in [6.45, 7) is 0. The second-order valence-corrected chi connectivity index (χ2v) is 6.34. The SMILES string of the molecule is Oc1cc(O)cc(CCc2cncc(CCc3cc(O)c(O)c(O)c3)n2)c1. The zero-order valence-corrected chi connectivity index (χ0v) is 14.5. The van der Waals surface area contributed by atoms with Crippen molar-refractivity contribution in [3.63, 3.8) is 0 Å². The fourth-order valence-corrected chi connectivity index (χ4v) is 2.84. The van der Waals surface area contributed by atoms with E-state index in [-0.39, 0.29) is 23.0 Å². The Balaban J connectivity index is 1.63. The monoisotopic (exact) mass is 368 g/mol. The van der Waals surface area contributed by atoms with Crippen LogP contribution in [-0.4, -0.2) is 35.5 Å². The number of hydrogen-bond acceptors (Lipinski definition) is 7. The van der Waals surface area contributed by atoms with E-state index >= 15 is 0 Å². The van der Waals surface area contributed by atoms with Crippen molar-refractivity contribution in [2.45, 2.75) is 25.7 Å². The number of hydrogen-bond donors (Lipinski definition) is 5. The van der Waals surface area contributed by atoms with Gasteiger partial charge in [-0.3, -0.25) is 9.97 Å². The predicted octanol–water partition coefficient (Wildman–Crippen LogP) is 2.58. The van der Waals surface area contributed by atoms with Crippen LogP contribution in [0.4, 0.5) is 0 Å². The van der Waals surface area contributed by atoms with Gasteiger partial charge in [-0.2, -0.15) is 0 Å². The van der Waals surface area contributed by atoms with Crippen molar-refractivity contribution in [2.24, 2.45) is 0 Å². The van der Waals surface area contributed by atoms with Crippen LogP contribution in [-0.2, 0) is 25.7 Å². The smallest absolute Gasteiger partial charge is 0.200 e. The number of benzene rings is 2. The molecule has 0 aliphatic rings. The quantitative estimate of drug-likeness (QED) is 0.423. The minimum atomic E-state index is -0.529. The highest BCUT2D eigenvalue weighted by atomic mass is 16.3. The molecule has 0 unspecified atom stereocenters. The minimum absolute atomic E-state index is 0.0187. The van der Waals surface area contributed by atoms with E-state index < -0.39 is 5.75 Å². The number of aromatic nitrogens is 2. The van der Waals surface area contributed by atoms with Crippen molar-refractivity contribution in [1.29, 1.82) is 0 Å². The topological polar surface area (TPSA) is 127 Å². The highest BCUT2D eigenvalue weighted by molar-refractivity contribution is 5.51. The van der Waals surface area contributed by atoms with Gasteiger partial charge >= 0.3 is 0 Å². The van der Waals surface area contributed by atoms with E-state index in [9.17, 15) is 25.5 Å². The van der Waals surface area contributed by atoms with Crippen LogP contribution in [0.1, 0.15) is 22.5 Å². The number of rotatable bonds is 6. The molecule has 0 saturated carbocycles. The Hall–Kier alpha value is -3.48. The lowest BCUT2D eigenvalue weighted by atomic mass is 10.1. The second kappa shape index (κ2) is 7.82. The molecule has 7 nitrogen and oxygen atoms in total. The second-order valence-electron chi connectivity index (χ2n) is 6.34. The van der Waals surface area contributed by atoms with E-state index in [0.717, 1.165) is 17.0 Å². The molecule has 1 aromatic heterocycles. The Morgan fingerprint density at radius 2 is 1.07 bits per heavy atom. The van der Waals surface area contributed by atoms with Crippen molar-refractivity contribution in [2.75, 3.05) is 0 Å². The lowest BCUT2D eigenvalue weighted by molar-refractivity contribution is 0.367. The molecule has 0 saturated heterocycles. The molecule has 3 rings (SSSR count). The van der Waals surface area contributed by atoms with Gasteiger partial charge in [-0.05, 0) is 61.1 Å². The molecular weight excluding hydrogens is 348 g/mol. The van der Waals surface area contributed by atoms with Gasteiger partial charge < -0.3 is 25.5 Å². The molecule has 0 bridgehead atoms. The summed E-state index contributed by atoms with van der Waals surface area (Å²) in [5.74, 6) is -1.22. The van der Waals surface area contributed by atoms with Crippen LogP contribution in [0.25, 0.3) is 0 Å². The summed E-state index contributed by atoms with van der Waals surface area (Å²) in [4.78, 5) is 8.74. The van der Waals surface area contributed by atoms with Gasteiger partial charge in [-0.1, -0.05) is 0 Å². The van der Waals surface area contributed by atoms with Crippen LogP contribution in [0.2, 0.25) is 0 Å². The normalized spacial score (nSPS) is 10.8. The van der Waals surface area contributed by atoms with E-state index in [4.69, 9.17) is 0 Å². The van der Waals surface area contributed by atoms with Gasteiger partial charge in [-0.15, -0.1) is 0 Å². The molecule has 1 heterocycles. The maximum atomic E-state index is 9.57. The summed E-state index contributed by atoms with van der Waals surface area (Å²) in [7, 11) is 0. The Kier molecular flexibility index (Phi) is 5.30. The first-order valence-electron chi connectivity index (χ1n) is 8.46. The van der Waals surface area contributed by atoms with Crippen LogP contribution >= 0.6 is 0 Å². The third-order valence-corrected chi connectivity index (χ3v) is 4.17. The molecule has 140 valence electrons. The van der Waals surface area contributed by atoms with Gasteiger partial charge in [0, 0.05) is 18.5 Å². The van der Waals surface area contributed by atoms with Crippen molar-refractivity contribution in [3.8, 4) is 28.7 Å². The molecule has 5 N–H and O–H groups in total. The van der Waals surface area contributed by atoms with Crippen molar-refractivity contribution in [1.82, 2.24) is 9.97 Å². The average Bonchev–Trinajstić information content (AvgIpc) is 2.62. The molecule has 0 aliphatic heterocycles. The first-order chi connectivity index (χ1) is 12.9. The van der Waals surface area contributed by atoms with E-state index in [1.807, 2.05) is 0 Å². The van der Waals surface area contributed by atoms with Gasteiger partial charge in [-0.25, -0.2) is 0 Å². The Morgan fingerprint density at radius 3 is 1.59 bits per heavy atom. The molecule has 3 aromatic rings. The highest BCUT2D eigenvalue weighted by Crippen LogP contribution is 2.35. The molecule has 0 fully saturated rings. The average molecular weight is 368 g/mol. The van der Waals surface area contributed by atoms with Gasteiger partial charge in [0.05, 0.1) is 11.4 Å². The van der Waals surface area contributed by atoms with Crippen molar-refractivity contribution >= 4 is 0 Å². The third kappa shape index (κ3) is 4.78. The number of phenols is 5. The Labute approximate surface area is 155 Å². The van der Waals surface area contributed by atoms with E-state index in [1.54, 1.807) is 24.5 Å². The molecule has 27 heavy (non-hydrogen) atoms. The third-order valence-electron chi connectivity index (χ3n) is 4.17. The van der Waals surface area contributed by atoms with E-state index in [2.05, 4.69) is 9.97 Å². The molecule has 0 aliphatic carbocycles. The van der Waals surface area contributed by atoms with Crippen molar-refractivity contribution < 1.29 is 25.5 Å². The van der Waals surface area contributed by atoms with Crippen LogP contribution in [0.5, 0.6) is 28.7 Å². The van der Waals surface area contributed by atoms with Crippen LogP contribution < -0.4 is 0 Å². The summed E-state index contributed by atoms with van der Waals surface area (Å²) >= 11 is 0. The standard InChI is InChI=1S/C20H20N2O5/c23-16-5-12(6-17(24)9-16)1-3-14-10-21-11-15(22-14)4-2-13-7-18(25)20(27)19(26)8-13/h5-11,23-27H,1-4H2. The Bertz CT molecular complexity index is 916. The van der Waals surface area contributed by atoms with Crippen LogP contribution in [0, 0.1) is 0 Å². The first kappa shape index (κ1) is 18.3. The van der Waals surface area contributed by atoms with Gasteiger partial charge in [0.1, 0.15) is 11.5 Å². The number of phenolic OH excluding ortho intramolecular Hbond substituents is 5. The van der Waals surface area contributed by atoms with Crippen molar-refractivity contribution in [3.05, 3.63) is 65.2 Å². The van der Waals surface area contributed by atoms with Gasteiger partial charge in [0.2, 0.25) is 0 Å². The molecule has 2 aromatic carbocycles. The highest BCUT2D eigenvalue weighted by Gasteiger charge is 2.09.